The number of hydrogen-bond donors (Lipinski definition) is 0. The van der Waals surface area contributed by atoms with Crippen LogP contribution in [0.3, 0.4) is 0 Å². The van der Waals surface area contributed by atoms with Crippen LogP contribution < -0.4 is 28.4 Å². The topological polar surface area (TPSA) is 108 Å². The van der Waals surface area contributed by atoms with Crippen molar-refractivity contribution < 1.29 is 47.5 Å². The standard InChI is InChI=1S/C22H24Br2O10/c1-27-15-9(17(29-3)19(31-5)13(23)11(15)21(25)33-7)10-16(28-2)12(22(26)34-8)14(24)20(32-6)18(10)30-4/h1-8H3. The van der Waals surface area contributed by atoms with Crippen molar-refractivity contribution in [2.24, 2.45) is 0 Å². The summed E-state index contributed by atoms with van der Waals surface area (Å²) in [7, 11) is 10.8. The Morgan fingerprint density at radius 1 is 0.471 bits per heavy atom. The molecule has 0 heterocycles. The molecular formula is C22H24Br2O10. The van der Waals surface area contributed by atoms with Crippen molar-refractivity contribution in [3.8, 4) is 45.6 Å². The van der Waals surface area contributed by atoms with Crippen LogP contribution in [0.25, 0.3) is 11.1 Å². The minimum absolute atomic E-state index is 0.00302. The molecule has 0 spiro atoms. The van der Waals surface area contributed by atoms with Crippen LogP contribution in [0.15, 0.2) is 8.95 Å². The highest BCUT2D eigenvalue weighted by atomic mass is 79.9. The Morgan fingerprint density at radius 3 is 0.941 bits per heavy atom. The molecule has 0 amide bonds. The molecule has 0 saturated heterocycles. The zero-order chi connectivity index (χ0) is 25.7. The van der Waals surface area contributed by atoms with E-state index in [0.717, 1.165) is 0 Å². The molecule has 2 aromatic rings. The van der Waals surface area contributed by atoms with E-state index in [-0.39, 0.29) is 65.7 Å². The maximum absolute atomic E-state index is 12.8. The van der Waals surface area contributed by atoms with Crippen LogP contribution in [-0.4, -0.2) is 68.8 Å². The predicted molar refractivity (Wildman–Crippen MR) is 129 cm³/mol. The largest absolute Gasteiger partial charge is 0.495 e. The second-order valence-corrected chi connectivity index (χ2v) is 7.90. The fourth-order valence-electron chi connectivity index (χ4n) is 3.49. The van der Waals surface area contributed by atoms with E-state index in [2.05, 4.69) is 31.9 Å². The van der Waals surface area contributed by atoms with Crippen LogP contribution in [0, 0.1) is 0 Å². The summed E-state index contributed by atoms with van der Waals surface area (Å²) in [5.41, 5.74) is 0.358. The number of halogens is 2. The lowest BCUT2D eigenvalue weighted by atomic mass is 9.94. The van der Waals surface area contributed by atoms with E-state index >= 15 is 0 Å². The van der Waals surface area contributed by atoms with E-state index in [9.17, 15) is 9.59 Å². The van der Waals surface area contributed by atoms with Gasteiger partial charge in [-0.05, 0) is 31.9 Å². The van der Waals surface area contributed by atoms with Crippen LogP contribution in [0.5, 0.6) is 34.5 Å². The van der Waals surface area contributed by atoms with Gasteiger partial charge in [-0.3, -0.25) is 0 Å². The maximum Gasteiger partial charge on any atom is 0.342 e. The zero-order valence-electron chi connectivity index (χ0n) is 19.8. The molecule has 12 heteroatoms. The average Bonchev–Trinajstić information content (AvgIpc) is 2.85. The molecule has 34 heavy (non-hydrogen) atoms. The smallest absolute Gasteiger partial charge is 0.342 e. The van der Waals surface area contributed by atoms with Crippen molar-refractivity contribution in [2.45, 2.75) is 0 Å². The molecule has 0 aliphatic carbocycles. The number of benzene rings is 2. The van der Waals surface area contributed by atoms with E-state index in [1.807, 2.05) is 0 Å². The Bertz CT molecular complexity index is 1030. The summed E-state index contributed by atoms with van der Waals surface area (Å²) in [6.45, 7) is 0. The van der Waals surface area contributed by atoms with Crippen molar-refractivity contribution >= 4 is 43.8 Å². The Kier molecular flexibility index (Phi) is 9.28. The van der Waals surface area contributed by atoms with Crippen LogP contribution in [-0.2, 0) is 9.47 Å². The lowest BCUT2D eigenvalue weighted by Crippen LogP contribution is -2.12. The van der Waals surface area contributed by atoms with Gasteiger partial charge in [0, 0.05) is 0 Å². The van der Waals surface area contributed by atoms with E-state index < -0.39 is 11.9 Å². The Hall–Kier alpha value is -2.86. The van der Waals surface area contributed by atoms with Gasteiger partial charge >= 0.3 is 11.9 Å². The van der Waals surface area contributed by atoms with E-state index in [1.165, 1.54) is 56.9 Å². The Labute approximate surface area is 213 Å². The molecule has 0 aromatic heterocycles. The second-order valence-electron chi connectivity index (χ2n) is 6.31. The lowest BCUT2D eigenvalue weighted by Gasteiger charge is -2.25. The van der Waals surface area contributed by atoms with Crippen LogP contribution in [0.4, 0.5) is 0 Å². The molecule has 0 saturated carbocycles. The molecule has 0 aliphatic heterocycles. The highest BCUT2D eigenvalue weighted by Gasteiger charge is 2.37. The summed E-state index contributed by atoms with van der Waals surface area (Å²) >= 11 is 6.76. The molecule has 186 valence electrons. The van der Waals surface area contributed by atoms with Crippen molar-refractivity contribution in [1.82, 2.24) is 0 Å². The fraction of sp³-hybridized carbons (Fsp3) is 0.364. The monoisotopic (exact) mass is 606 g/mol. The minimum Gasteiger partial charge on any atom is -0.495 e. The van der Waals surface area contributed by atoms with Gasteiger partial charge in [-0.15, -0.1) is 0 Å². The number of methoxy groups -OCH3 is 8. The van der Waals surface area contributed by atoms with Crippen molar-refractivity contribution in [3.05, 3.63) is 20.1 Å². The first-order valence-corrected chi connectivity index (χ1v) is 11.0. The molecular weight excluding hydrogens is 584 g/mol. The highest BCUT2D eigenvalue weighted by Crippen LogP contribution is 2.59. The zero-order valence-corrected chi connectivity index (χ0v) is 23.0. The SMILES string of the molecule is COC(=O)c1c(Br)c(OC)c(OC)c(-c2c(OC)c(OC)c(Br)c(C(=O)OC)c2OC)c1OC. The van der Waals surface area contributed by atoms with Gasteiger partial charge in [0.25, 0.3) is 0 Å². The minimum atomic E-state index is -0.721. The summed E-state index contributed by atoms with van der Waals surface area (Å²) in [4.78, 5) is 25.6. The van der Waals surface area contributed by atoms with Gasteiger partial charge < -0.3 is 37.9 Å². The Morgan fingerprint density at radius 2 is 0.735 bits per heavy atom. The van der Waals surface area contributed by atoms with Gasteiger partial charge in [0.05, 0.1) is 77.0 Å². The molecule has 0 aliphatic rings. The van der Waals surface area contributed by atoms with E-state index in [0.29, 0.717) is 0 Å². The summed E-state index contributed by atoms with van der Waals surface area (Å²) in [6.07, 6.45) is 0. The third-order valence-electron chi connectivity index (χ3n) is 4.87. The van der Waals surface area contributed by atoms with Crippen LogP contribution >= 0.6 is 31.9 Å². The quantitative estimate of drug-likeness (QED) is 0.378. The first-order chi connectivity index (χ1) is 16.2. The number of carbonyl (C=O) groups is 2. The number of hydrogen-bond acceptors (Lipinski definition) is 10. The summed E-state index contributed by atoms with van der Waals surface area (Å²) in [5, 5.41) is 0. The third kappa shape index (κ3) is 4.31. The Balaban J connectivity index is 3.36. The summed E-state index contributed by atoms with van der Waals surface area (Å²) in [5.74, 6) is -0.761. The summed E-state index contributed by atoms with van der Waals surface area (Å²) in [6, 6.07) is 0. The first-order valence-electron chi connectivity index (χ1n) is 9.44. The van der Waals surface area contributed by atoms with Gasteiger partial charge in [-0.1, -0.05) is 0 Å². The molecule has 2 rings (SSSR count). The van der Waals surface area contributed by atoms with Gasteiger partial charge in [-0.25, -0.2) is 9.59 Å². The number of ether oxygens (including phenoxy) is 8. The molecule has 0 fully saturated rings. The molecule has 2 aromatic carbocycles. The average molecular weight is 608 g/mol. The molecule has 0 bridgehead atoms. The van der Waals surface area contributed by atoms with E-state index in [4.69, 9.17) is 37.9 Å². The van der Waals surface area contributed by atoms with E-state index in [1.54, 1.807) is 0 Å². The van der Waals surface area contributed by atoms with Gasteiger partial charge in [0.1, 0.15) is 22.6 Å². The number of rotatable bonds is 9. The normalized spacial score (nSPS) is 10.3. The molecule has 0 unspecified atom stereocenters. The van der Waals surface area contributed by atoms with Gasteiger partial charge in [0.2, 0.25) is 0 Å². The van der Waals surface area contributed by atoms with Crippen molar-refractivity contribution in [2.75, 3.05) is 56.9 Å². The van der Waals surface area contributed by atoms with Gasteiger partial charge in [0.15, 0.2) is 23.0 Å². The van der Waals surface area contributed by atoms with Gasteiger partial charge in [-0.2, -0.15) is 0 Å². The molecule has 0 atom stereocenters. The van der Waals surface area contributed by atoms with Crippen molar-refractivity contribution in [1.29, 1.82) is 0 Å². The number of carbonyl (C=O) groups excluding carboxylic acids is 2. The highest BCUT2D eigenvalue weighted by molar-refractivity contribution is 9.11. The van der Waals surface area contributed by atoms with Crippen LogP contribution in [0.2, 0.25) is 0 Å². The predicted octanol–water partition coefficient (Wildman–Crippen LogP) is 4.50. The fourth-order valence-corrected chi connectivity index (χ4v) is 4.86. The maximum atomic E-state index is 12.8. The molecule has 0 N–H and O–H groups in total. The molecule has 0 radical (unpaired) electrons. The second kappa shape index (κ2) is 11.5. The number of esters is 2. The third-order valence-corrected chi connectivity index (χ3v) is 6.38. The summed E-state index contributed by atoms with van der Waals surface area (Å²) < 4.78 is 44.1. The first kappa shape index (κ1) is 27.4. The lowest BCUT2D eigenvalue weighted by molar-refractivity contribution is 0.0586. The van der Waals surface area contributed by atoms with Crippen molar-refractivity contribution in [3.63, 3.8) is 0 Å². The molecule has 10 nitrogen and oxygen atoms in total. The van der Waals surface area contributed by atoms with Crippen LogP contribution in [0.1, 0.15) is 20.7 Å².